The molecule has 5 heteroatoms. The second kappa shape index (κ2) is 8.10. The number of carbonyl (C=O) groups is 2. The van der Waals surface area contributed by atoms with Crippen molar-refractivity contribution in [3.05, 3.63) is 12.2 Å². The van der Waals surface area contributed by atoms with E-state index in [4.69, 9.17) is 5.73 Å². The van der Waals surface area contributed by atoms with Crippen molar-refractivity contribution in [2.24, 2.45) is 5.73 Å². The third-order valence-electron chi connectivity index (χ3n) is 1.33. The van der Waals surface area contributed by atoms with Gasteiger partial charge in [-0.25, -0.2) is 4.79 Å². The van der Waals surface area contributed by atoms with Gasteiger partial charge in [0.15, 0.2) is 6.61 Å². The highest BCUT2D eigenvalue weighted by molar-refractivity contribution is 5.78. The van der Waals surface area contributed by atoms with Gasteiger partial charge in [0.25, 0.3) is 5.91 Å². The van der Waals surface area contributed by atoms with Crippen molar-refractivity contribution in [3.8, 4) is 0 Å². The Bertz CT molecular complexity index is 214. The predicted molar refractivity (Wildman–Crippen MR) is 52.6 cm³/mol. The van der Waals surface area contributed by atoms with Crippen molar-refractivity contribution in [1.29, 1.82) is 0 Å². The van der Waals surface area contributed by atoms with Crippen molar-refractivity contribution < 1.29 is 14.3 Å². The maximum absolute atomic E-state index is 10.8. The van der Waals surface area contributed by atoms with Crippen molar-refractivity contribution in [3.63, 3.8) is 0 Å². The largest absolute Gasteiger partial charge is 0.439 e. The van der Waals surface area contributed by atoms with E-state index in [9.17, 15) is 9.59 Å². The summed E-state index contributed by atoms with van der Waals surface area (Å²) in [4.78, 5) is 21.0. The molecule has 0 saturated carbocycles. The van der Waals surface area contributed by atoms with Crippen LogP contribution in [0.5, 0.6) is 0 Å². The molecule has 0 fully saturated rings. The van der Waals surface area contributed by atoms with E-state index in [1.165, 1.54) is 0 Å². The van der Waals surface area contributed by atoms with Gasteiger partial charge in [0, 0.05) is 6.54 Å². The highest BCUT2D eigenvalue weighted by atomic mass is 16.6. The molecule has 0 bridgehead atoms. The fourth-order valence-corrected chi connectivity index (χ4v) is 0.698. The molecule has 2 amide bonds. The Balaban J connectivity index is 3.40. The van der Waals surface area contributed by atoms with Gasteiger partial charge in [-0.05, 0) is 6.42 Å². The van der Waals surface area contributed by atoms with E-state index in [-0.39, 0.29) is 6.61 Å². The number of nitrogens with two attached hydrogens (primary N) is 1. The van der Waals surface area contributed by atoms with E-state index in [1.807, 2.05) is 12.2 Å². The number of carbonyl (C=O) groups excluding carboxylic acids is 2. The molecular weight excluding hydrogens is 184 g/mol. The number of allylic oxidation sites excluding steroid dienone is 1. The standard InChI is InChI=1S/C9H16N2O3/c1-2-3-4-5-6-11-9(13)14-7-8(10)12/h4-5H,2-3,6-7H2,1H3,(H2,10,12)(H,11,13). The van der Waals surface area contributed by atoms with E-state index in [1.54, 1.807) is 0 Å². The molecule has 0 radical (unpaired) electrons. The first-order chi connectivity index (χ1) is 6.66. The van der Waals surface area contributed by atoms with E-state index < -0.39 is 12.0 Å². The zero-order chi connectivity index (χ0) is 10.8. The van der Waals surface area contributed by atoms with Gasteiger partial charge in [-0.2, -0.15) is 0 Å². The smallest absolute Gasteiger partial charge is 0.407 e. The first-order valence-corrected chi connectivity index (χ1v) is 4.50. The van der Waals surface area contributed by atoms with Crippen LogP contribution < -0.4 is 11.1 Å². The fourth-order valence-electron chi connectivity index (χ4n) is 0.698. The lowest BCUT2D eigenvalue weighted by atomic mass is 10.3. The topological polar surface area (TPSA) is 81.4 Å². The molecule has 14 heavy (non-hydrogen) atoms. The summed E-state index contributed by atoms with van der Waals surface area (Å²) in [5, 5.41) is 2.44. The molecule has 0 atom stereocenters. The van der Waals surface area contributed by atoms with Crippen LogP contribution in [0.4, 0.5) is 4.79 Å². The number of nitrogens with one attached hydrogen (secondary N) is 1. The summed E-state index contributed by atoms with van der Waals surface area (Å²) < 4.78 is 4.45. The Kier molecular flexibility index (Phi) is 7.22. The van der Waals surface area contributed by atoms with Crippen LogP contribution in [0.1, 0.15) is 19.8 Å². The van der Waals surface area contributed by atoms with Crippen LogP contribution in [0.15, 0.2) is 12.2 Å². The van der Waals surface area contributed by atoms with Crippen LogP contribution in [0.2, 0.25) is 0 Å². The fraction of sp³-hybridized carbons (Fsp3) is 0.556. The van der Waals surface area contributed by atoms with E-state index in [0.717, 1.165) is 12.8 Å². The molecule has 0 unspecified atom stereocenters. The van der Waals surface area contributed by atoms with Gasteiger partial charge in [0.2, 0.25) is 0 Å². The summed E-state index contributed by atoms with van der Waals surface area (Å²) in [6.07, 6.45) is 5.22. The van der Waals surface area contributed by atoms with Crippen LogP contribution in [0.3, 0.4) is 0 Å². The minimum atomic E-state index is -0.665. The van der Waals surface area contributed by atoms with Crippen LogP contribution >= 0.6 is 0 Å². The molecule has 0 spiro atoms. The Morgan fingerprint density at radius 2 is 2.14 bits per heavy atom. The number of unbranched alkanes of at least 4 members (excludes halogenated alkanes) is 1. The molecule has 0 aromatic heterocycles. The van der Waals surface area contributed by atoms with E-state index in [2.05, 4.69) is 17.0 Å². The first kappa shape index (κ1) is 12.5. The highest BCUT2D eigenvalue weighted by Gasteiger charge is 2.01. The lowest BCUT2D eigenvalue weighted by Gasteiger charge is -2.01. The normalized spacial score (nSPS) is 10.1. The van der Waals surface area contributed by atoms with Crippen molar-refractivity contribution in [2.75, 3.05) is 13.2 Å². The van der Waals surface area contributed by atoms with Crippen molar-refractivity contribution in [2.45, 2.75) is 19.8 Å². The third kappa shape index (κ3) is 8.58. The Hall–Kier alpha value is -1.52. The summed E-state index contributed by atoms with van der Waals surface area (Å²) in [6, 6.07) is 0. The summed E-state index contributed by atoms with van der Waals surface area (Å²) >= 11 is 0. The van der Waals surface area contributed by atoms with Gasteiger partial charge in [-0.15, -0.1) is 0 Å². The van der Waals surface area contributed by atoms with Gasteiger partial charge >= 0.3 is 6.09 Å². The van der Waals surface area contributed by atoms with Gasteiger partial charge < -0.3 is 15.8 Å². The van der Waals surface area contributed by atoms with Crippen LogP contribution in [-0.2, 0) is 9.53 Å². The average Bonchev–Trinajstić information content (AvgIpc) is 2.14. The summed E-state index contributed by atoms with van der Waals surface area (Å²) in [5.41, 5.74) is 4.78. The molecule has 0 rings (SSSR count). The second-order valence-electron chi connectivity index (χ2n) is 2.68. The van der Waals surface area contributed by atoms with Gasteiger partial charge in [0.05, 0.1) is 0 Å². The monoisotopic (exact) mass is 200 g/mol. The maximum Gasteiger partial charge on any atom is 0.407 e. The van der Waals surface area contributed by atoms with Crippen molar-refractivity contribution in [1.82, 2.24) is 5.32 Å². The minimum Gasteiger partial charge on any atom is -0.439 e. The number of hydrogen-bond donors (Lipinski definition) is 2. The number of primary amides is 1. The van der Waals surface area contributed by atoms with Gasteiger partial charge in [0.1, 0.15) is 0 Å². The van der Waals surface area contributed by atoms with E-state index in [0.29, 0.717) is 6.54 Å². The average molecular weight is 200 g/mol. The van der Waals surface area contributed by atoms with Gasteiger partial charge in [-0.1, -0.05) is 25.5 Å². The number of rotatable bonds is 6. The Morgan fingerprint density at radius 3 is 2.71 bits per heavy atom. The minimum absolute atomic E-state index is 0.384. The zero-order valence-electron chi connectivity index (χ0n) is 8.29. The second-order valence-corrected chi connectivity index (χ2v) is 2.68. The van der Waals surface area contributed by atoms with Crippen LogP contribution in [0.25, 0.3) is 0 Å². The molecule has 0 aliphatic heterocycles. The Labute approximate surface area is 83.3 Å². The maximum atomic E-state index is 10.8. The molecule has 0 saturated heterocycles. The third-order valence-corrected chi connectivity index (χ3v) is 1.33. The van der Waals surface area contributed by atoms with Crippen LogP contribution in [0, 0.1) is 0 Å². The van der Waals surface area contributed by atoms with E-state index >= 15 is 0 Å². The molecule has 0 aliphatic rings. The molecular formula is C9H16N2O3. The first-order valence-electron chi connectivity index (χ1n) is 4.50. The summed E-state index contributed by atoms with van der Waals surface area (Å²) in [7, 11) is 0. The van der Waals surface area contributed by atoms with Gasteiger partial charge in [-0.3, -0.25) is 4.79 Å². The molecule has 0 heterocycles. The SMILES string of the molecule is CCCC=CCNC(=O)OCC(N)=O. The van der Waals surface area contributed by atoms with Crippen LogP contribution in [-0.4, -0.2) is 25.2 Å². The lowest BCUT2D eigenvalue weighted by molar-refractivity contribution is -0.120. The Morgan fingerprint density at radius 1 is 1.43 bits per heavy atom. The molecule has 0 aromatic carbocycles. The zero-order valence-corrected chi connectivity index (χ0v) is 8.29. The highest BCUT2D eigenvalue weighted by Crippen LogP contribution is 1.87. The molecule has 0 aliphatic carbocycles. The number of amides is 2. The molecule has 5 nitrogen and oxygen atoms in total. The number of ether oxygens (including phenoxy) is 1. The lowest BCUT2D eigenvalue weighted by Crippen LogP contribution is -2.28. The molecule has 0 aromatic rings. The summed E-state index contributed by atoms with van der Waals surface area (Å²) in [6.45, 7) is 2.08. The number of hydrogen-bond acceptors (Lipinski definition) is 3. The summed E-state index contributed by atoms with van der Waals surface area (Å²) in [5.74, 6) is -0.665. The molecule has 80 valence electrons. The quantitative estimate of drug-likeness (QED) is 0.614. The number of alkyl carbamates (subject to hydrolysis) is 1. The molecule has 3 N–H and O–H groups in total. The predicted octanol–water partition coefficient (Wildman–Crippen LogP) is 0.554. The van der Waals surface area contributed by atoms with Crippen molar-refractivity contribution >= 4 is 12.0 Å².